The van der Waals surface area contributed by atoms with Gasteiger partial charge in [-0.25, -0.2) is 0 Å². The molecule has 0 saturated heterocycles. The number of hydrogen-bond acceptors (Lipinski definition) is 3. The van der Waals surface area contributed by atoms with Crippen LogP contribution >= 0.6 is 11.6 Å². The Hall–Kier alpha value is -2.20. The van der Waals surface area contributed by atoms with Crippen LogP contribution in [0.1, 0.15) is 28.9 Å². The first-order valence-corrected chi connectivity index (χ1v) is 6.57. The molecule has 2 aromatic carbocycles. The molecule has 0 aliphatic rings. The number of amides is 1. The molecule has 0 aliphatic heterocycles. The lowest BCUT2D eigenvalue weighted by Gasteiger charge is -2.18. The average Bonchev–Trinajstić information content (AvgIpc) is 2.41. The summed E-state index contributed by atoms with van der Waals surface area (Å²) < 4.78 is 0. The van der Waals surface area contributed by atoms with Crippen LogP contribution in [0.2, 0.25) is 5.02 Å². The normalized spacial score (nSPS) is 11.9. The zero-order valence-electron chi connectivity index (χ0n) is 11.1. The Morgan fingerprint density at radius 3 is 2.55 bits per heavy atom. The first kappa shape index (κ1) is 14.2. The minimum atomic E-state index is -0.498. The summed E-state index contributed by atoms with van der Waals surface area (Å²) in [5.41, 5.74) is 13.7. The number of carbonyl (C=O) groups is 1. The Morgan fingerprint density at radius 1 is 1.25 bits per heavy atom. The number of nitrogens with one attached hydrogen (secondary N) is 1. The quantitative estimate of drug-likeness (QED) is 0.756. The molecule has 0 aliphatic carbocycles. The predicted molar refractivity (Wildman–Crippen MR) is 82.9 cm³/mol. The van der Waals surface area contributed by atoms with Gasteiger partial charge in [0.1, 0.15) is 0 Å². The Kier molecular flexibility index (Phi) is 4.15. The lowest BCUT2D eigenvalue weighted by molar-refractivity contribution is 0.100. The second kappa shape index (κ2) is 5.84. The molecular formula is C15H16ClN3O. The van der Waals surface area contributed by atoms with Gasteiger partial charge in [-0.15, -0.1) is 0 Å². The number of nitrogens with two attached hydrogens (primary N) is 2. The third kappa shape index (κ3) is 3.03. The van der Waals surface area contributed by atoms with Crippen molar-refractivity contribution in [2.45, 2.75) is 13.0 Å². The van der Waals surface area contributed by atoms with Crippen molar-refractivity contribution in [3.05, 3.63) is 58.6 Å². The molecule has 2 aromatic rings. The van der Waals surface area contributed by atoms with Crippen LogP contribution in [0.15, 0.2) is 42.5 Å². The van der Waals surface area contributed by atoms with Crippen LogP contribution in [-0.2, 0) is 0 Å². The molecule has 2 rings (SSSR count). The number of anilines is 2. The van der Waals surface area contributed by atoms with Gasteiger partial charge in [0.2, 0.25) is 5.91 Å². The number of carbonyl (C=O) groups excluding carboxylic acids is 1. The van der Waals surface area contributed by atoms with Crippen LogP contribution in [0.5, 0.6) is 0 Å². The molecule has 0 heterocycles. The van der Waals surface area contributed by atoms with Crippen LogP contribution in [0.25, 0.3) is 0 Å². The van der Waals surface area contributed by atoms with Crippen LogP contribution in [0.3, 0.4) is 0 Å². The standard InChI is InChI=1S/C15H16ClN3O/c1-9(11-4-2-3-5-12(11)16)19-14-7-6-10(15(18)20)8-13(14)17/h2-9,19H,17H2,1H3,(H2,18,20). The van der Waals surface area contributed by atoms with E-state index in [1.54, 1.807) is 18.2 Å². The third-order valence-corrected chi connectivity index (χ3v) is 3.42. The summed E-state index contributed by atoms with van der Waals surface area (Å²) >= 11 is 6.16. The zero-order valence-corrected chi connectivity index (χ0v) is 11.8. The van der Waals surface area contributed by atoms with Crippen molar-refractivity contribution < 1.29 is 4.79 Å². The van der Waals surface area contributed by atoms with E-state index in [2.05, 4.69) is 5.32 Å². The van der Waals surface area contributed by atoms with Gasteiger partial charge in [-0.1, -0.05) is 29.8 Å². The highest BCUT2D eigenvalue weighted by molar-refractivity contribution is 6.31. The number of halogens is 1. The highest BCUT2D eigenvalue weighted by atomic mass is 35.5. The Balaban J connectivity index is 2.22. The molecule has 5 heteroatoms. The second-order valence-electron chi connectivity index (χ2n) is 4.55. The van der Waals surface area contributed by atoms with Gasteiger partial charge in [-0.2, -0.15) is 0 Å². The molecule has 20 heavy (non-hydrogen) atoms. The van der Waals surface area contributed by atoms with E-state index >= 15 is 0 Å². The fraction of sp³-hybridized carbons (Fsp3) is 0.133. The van der Waals surface area contributed by atoms with Gasteiger partial charge >= 0.3 is 0 Å². The van der Waals surface area contributed by atoms with Crippen LogP contribution in [0.4, 0.5) is 11.4 Å². The van der Waals surface area contributed by atoms with Crippen molar-refractivity contribution in [3.8, 4) is 0 Å². The van der Waals surface area contributed by atoms with Crippen molar-refractivity contribution in [1.82, 2.24) is 0 Å². The number of primary amides is 1. The molecule has 0 spiro atoms. The number of nitrogen functional groups attached to an aromatic ring is 1. The van der Waals surface area contributed by atoms with Crippen LogP contribution in [-0.4, -0.2) is 5.91 Å². The van der Waals surface area contributed by atoms with Gasteiger partial charge in [-0.3, -0.25) is 4.79 Å². The van der Waals surface area contributed by atoms with Gasteiger partial charge in [-0.05, 0) is 36.8 Å². The summed E-state index contributed by atoms with van der Waals surface area (Å²) in [6.07, 6.45) is 0. The van der Waals surface area contributed by atoms with E-state index in [4.69, 9.17) is 23.1 Å². The maximum absolute atomic E-state index is 11.1. The molecule has 1 atom stereocenters. The summed E-state index contributed by atoms with van der Waals surface area (Å²) in [4.78, 5) is 11.1. The van der Waals surface area contributed by atoms with E-state index in [1.165, 1.54) is 0 Å². The van der Waals surface area contributed by atoms with Crippen molar-refractivity contribution in [1.29, 1.82) is 0 Å². The highest BCUT2D eigenvalue weighted by Crippen LogP contribution is 2.28. The number of hydrogen-bond donors (Lipinski definition) is 3. The predicted octanol–water partition coefficient (Wildman–Crippen LogP) is 3.19. The van der Waals surface area contributed by atoms with E-state index in [-0.39, 0.29) is 6.04 Å². The van der Waals surface area contributed by atoms with Gasteiger partial charge in [0.15, 0.2) is 0 Å². The van der Waals surface area contributed by atoms with E-state index in [1.807, 2.05) is 31.2 Å². The second-order valence-corrected chi connectivity index (χ2v) is 4.96. The summed E-state index contributed by atoms with van der Waals surface area (Å²) in [6, 6.07) is 12.5. The van der Waals surface area contributed by atoms with Gasteiger partial charge in [0.25, 0.3) is 0 Å². The summed E-state index contributed by atoms with van der Waals surface area (Å²) in [6.45, 7) is 1.99. The van der Waals surface area contributed by atoms with Crippen molar-refractivity contribution >= 4 is 28.9 Å². The van der Waals surface area contributed by atoms with E-state index in [0.717, 1.165) is 11.3 Å². The molecule has 1 unspecified atom stereocenters. The molecule has 0 radical (unpaired) electrons. The Labute approximate surface area is 122 Å². The van der Waals surface area contributed by atoms with Gasteiger partial charge in [0.05, 0.1) is 17.4 Å². The minimum Gasteiger partial charge on any atom is -0.397 e. The first-order valence-electron chi connectivity index (χ1n) is 6.19. The monoisotopic (exact) mass is 289 g/mol. The Bertz CT molecular complexity index is 643. The van der Waals surface area contributed by atoms with E-state index in [9.17, 15) is 4.79 Å². The van der Waals surface area contributed by atoms with E-state index < -0.39 is 5.91 Å². The lowest BCUT2D eigenvalue weighted by Crippen LogP contribution is -2.13. The molecular weight excluding hydrogens is 274 g/mol. The number of benzene rings is 2. The highest BCUT2D eigenvalue weighted by Gasteiger charge is 2.11. The molecule has 104 valence electrons. The molecule has 5 N–H and O–H groups in total. The smallest absolute Gasteiger partial charge is 0.248 e. The molecule has 1 amide bonds. The SMILES string of the molecule is CC(Nc1ccc(C(N)=O)cc1N)c1ccccc1Cl. The first-order chi connectivity index (χ1) is 9.49. The molecule has 0 bridgehead atoms. The van der Waals surface area contributed by atoms with Crippen molar-refractivity contribution in [3.63, 3.8) is 0 Å². The van der Waals surface area contributed by atoms with E-state index in [0.29, 0.717) is 16.3 Å². The summed E-state index contributed by atoms with van der Waals surface area (Å²) in [5.74, 6) is -0.498. The summed E-state index contributed by atoms with van der Waals surface area (Å²) in [7, 11) is 0. The van der Waals surface area contributed by atoms with Crippen LogP contribution in [0, 0.1) is 0 Å². The minimum absolute atomic E-state index is 0.00886. The lowest BCUT2D eigenvalue weighted by atomic mass is 10.1. The molecule has 4 nitrogen and oxygen atoms in total. The van der Waals surface area contributed by atoms with Crippen LogP contribution < -0.4 is 16.8 Å². The largest absolute Gasteiger partial charge is 0.397 e. The molecule has 0 saturated carbocycles. The zero-order chi connectivity index (χ0) is 14.7. The molecule has 0 fully saturated rings. The number of rotatable bonds is 4. The summed E-state index contributed by atoms with van der Waals surface area (Å²) in [5, 5.41) is 3.97. The third-order valence-electron chi connectivity index (χ3n) is 3.08. The van der Waals surface area contributed by atoms with Crippen molar-refractivity contribution in [2.75, 3.05) is 11.1 Å². The maximum atomic E-state index is 11.1. The van der Waals surface area contributed by atoms with Gasteiger partial charge < -0.3 is 16.8 Å². The topological polar surface area (TPSA) is 81.1 Å². The average molecular weight is 290 g/mol. The molecule has 0 aromatic heterocycles. The van der Waals surface area contributed by atoms with Gasteiger partial charge in [0, 0.05) is 10.6 Å². The fourth-order valence-electron chi connectivity index (χ4n) is 1.98. The fourth-order valence-corrected chi connectivity index (χ4v) is 2.28. The maximum Gasteiger partial charge on any atom is 0.248 e. The van der Waals surface area contributed by atoms with Crippen molar-refractivity contribution in [2.24, 2.45) is 5.73 Å². The Morgan fingerprint density at radius 2 is 1.95 bits per heavy atom.